The summed E-state index contributed by atoms with van der Waals surface area (Å²) in [5.74, 6) is 1.44. The molecule has 1 unspecified atom stereocenters. The molecule has 1 nitrogen and oxygen atoms in total. The third-order valence-electron chi connectivity index (χ3n) is 3.08. The van der Waals surface area contributed by atoms with E-state index in [-0.39, 0.29) is 0 Å². The summed E-state index contributed by atoms with van der Waals surface area (Å²) < 4.78 is 0. The lowest BCUT2D eigenvalue weighted by Crippen LogP contribution is -2.35. The first-order valence-corrected chi connectivity index (χ1v) is 6.72. The van der Waals surface area contributed by atoms with Crippen molar-refractivity contribution in [2.75, 3.05) is 18.8 Å². The number of hydrogen-bond donors (Lipinski definition) is 1. The zero-order chi connectivity index (χ0) is 12.0. The van der Waals surface area contributed by atoms with Gasteiger partial charge in [0.2, 0.25) is 0 Å². The van der Waals surface area contributed by atoms with E-state index in [1.165, 1.54) is 5.56 Å². The van der Waals surface area contributed by atoms with Crippen molar-refractivity contribution in [3.63, 3.8) is 0 Å². The Bertz CT molecular complexity index is 284. The quantitative estimate of drug-likeness (QED) is 0.742. The minimum absolute atomic E-state index is 0.534. The molecule has 0 heterocycles. The monoisotopic (exact) mass is 237 g/mol. The first-order valence-electron chi connectivity index (χ1n) is 6.08. The predicted molar refractivity (Wildman–Crippen MR) is 75.4 cm³/mol. The van der Waals surface area contributed by atoms with Crippen molar-refractivity contribution in [1.29, 1.82) is 0 Å². The third-order valence-corrected chi connectivity index (χ3v) is 3.52. The normalized spacial score (nSPS) is 13.4. The van der Waals surface area contributed by atoms with Crippen LogP contribution in [0.2, 0.25) is 0 Å². The molecule has 1 atom stereocenters. The van der Waals surface area contributed by atoms with E-state index in [0.29, 0.717) is 12.0 Å². The number of nitrogens with zero attached hydrogens (tertiary/aromatic N) is 1. The van der Waals surface area contributed by atoms with Crippen molar-refractivity contribution in [2.24, 2.45) is 0 Å². The smallest absolute Gasteiger partial charge is 0.00607 e. The highest BCUT2D eigenvalue weighted by molar-refractivity contribution is 7.80. The molecule has 16 heavy (non-hydrogen) atoms. The standard InChI is InChI=1S/C14H23NS/c1-4-15(12(2)3)10-14(11-16)13-8-6-5-7-9-13/h5-9,12,14,16H,4,10-11H2,1-3H3. The van der Waals surface area contributed by atoms with Gasteiger partial charge in [0.25, 0.3) is 0 Å². The Morgan fingerprint density at radius 3 is 2.25 bits per heavy atom. The Kier molecular flexibility index (Phi) is 5.93. The lowest BCUT2D eigenvalue weighted by molar-refractivity contribution is 0.223. The summed E-state index contributed by atoms with van der Waals surface area (Å²) in [6, 6.07) is 11.3. The minimum Gasteiger partial charge on any atom is -0.301 e. The van der Waals surface area contributed by atoms with Gasteiger partial charge in [-0.1, -0.05) is 37.3 Å². The topological polar surface area (TPSA) is 3.24 Å². The summed E-state index contributed by atoms with van der Waals surface area (Å²) in [5, 5.41) is 0. The lowest BCUT2D eigenvalue weighted by atomic mass is 10.00. The van der Waals surface area contributed by atoms with Crippen LogP contribution in [0.4, 0.5) is 0 Å². The van der Waals surface area contributed by atoms with Gasteiger partial charge in [-0.25, -0.2) is 0 Å². The molecule has 0 spiro atoms. The molecule has 0 radical (unpaired) electrons. The van der Waals surface area contributed by atoms with E-state index < -0.39 is 0 Å². The average Bonchev–Trinajstić information content (AvgIpc) is 2.31. The van der Waals surface area contributed by atoms with Crippen LogP contribution in [0, 0.1) is 0 Å². The molecular formula is C14H23NS. The van der Waals surface area contributed by atoms with E-state index in [1.54, 1.807) is 0 Å². The van der Waals surface area contributed by atoms with Gasteiger partial charge in [0.1, 0.15) is 0 Å². The van der Waals surface area contributed by atoms with E-state index in [9.17, 15) is 0 Å². The molecule has 90 valence electrons. The van der Waals surface area contributed by atoms with Gasteiger partial charge >= 0.3 is 0 Å². The molecule has 2 heteroatoms. The fourth-order valence-electron chi connectivity index (χ4n) is 1.98. The van der Waals surface area contributed by atoms with Crippen LogP contribution in [0.3, 0.4) is 0 Å². The third kappa shape index (κ3) is 3.84. The fourth-order valence-corrected chi connectivity index (χ4v) is 2.31. The molecule has 0 saturated heterocycles. The molecule has 1 rings (SSSR count). The van der Waals surface area contributed by atoms with Gasteiger partial charge < -0.3 is 4.90 Å². The molecule has 0 aliphatic carbocycles. The Morgan fingerprint density at radius 1 is 1.19 bits per heavy atom. The van der Waals surface area contributed by atoms with Gasteiger partial charge in [-0.2, -0.15) is 12.6 Å². The van der Waals surface area contributed by atoms with Crippen LogP contribution in [0.25, 0.3) is 0 Å². The van der Waals surface area contributed by atoms with E-state index in [1.807, 2.05) is 0 Å². The highest BCUT2D eigenvalue weighted by Gasteiger charge is 2.15. The summed E-state index contributed by atoms with van der Waals surface area (Å²) >= 11 is 4.48. The van der Waals surface area contributed by atoms with Gasteiger partial charge in [0.05, 0.1) is 0 Å². The number of rotatable bonds is 6. The Balaban J connectivity index is 2.68. The van der Waals surface area contributed by atoms with Crippen molar-refractivity contribution >= 4 is 12.6 Å². The van der Waals surface area contributed by atoms with Crippen molar-refractivity contribution in [2.45, 2.75) is 32.7 Å². The molecule has 1 aromatic carbocycles. The molecule has 1 aromatic rings. The number of thiol groups is 1. The SMILES string of the molecule is CCN(CC(CS)c1ccccc1)C(C)C. The Hall–Kier alpha value is -0.470. The first-order chi connectivity index (χ1) is 7.69. The molecule has 0 amide bonds. The van der Waals surface area contributed by atoms with E-state index in [2.05, 4.69) is 68.6 Å². The Labute approximate surface area is 105 Å². The van der Waals surface area contributed by atoms with E-state index >= 15 is 0 Å². The maximum atomic E-state index is 4.48. The Morgan fingerprint density at radius 2 is 1.81 bits per heavy atom. The van der Waals surface area contributed by atoms with Crippen LogP contribution in [0.5, 0.6) is 0 Å². The first kappa shape index (κ1) is 13.6. The molecule has 0 aliphatic heterocycles. The average molecular weight is 237 g/mol. The van der Waals surface area contributed by atoms with Crippen molar-refractivity contribution in [1.82, 2.24) is 4.90 Å². The molecule has 0 aromatic heterocycles. The molecular weight excluding hydrogens is 214 g/mol. The fraction of sp³-hybridized carbons (Fsp3) is 0.571. The summed E-state index contributed by atoms with van der Waals surface area (Å²) in [6.45, 7) is 8.94. The minimum atomic E-state index is 0.534. The maximum absolute atomic E-state index is 4.48. The molecule has 0 aliphatic rings. The maximum Gasteiger partial charge on any atom is 0.00607 e. The number of hydrogen-bond acceptors (Lipinski definition) is 2. The lowest BCUT2D eigenvalue weighted by Gasteiger charge is -2.29. The van der Waals surface area contributed by atoms with Crippen molar-refractivity contribution in [3.05, 3.63) is 35.9 Å². The molecule has 0 fully saturated rings. The van der Waals surface area contributed by atoms with Crippen LogP contribution in [-0.4, -0.2) is 29.8 Å². The van der Waals surface area contributed by atoms with Gasteiger partial charge in [-0.3, -0.25) is 0 Å². The van der Waals surface area contributed by atoms with E-state index in [4.69, 9.17) is 0 Å². The van der Waals surface area contributed by atoms with E-state index in [0.717, 1.165) is 18.8 Å². The number of benzene rings is 1. The van der Waals surface area contributed by atoms with Gasteiger partial charge in [-0.15, -0.1) is 0 Å². The van der Waals surface area contributed by atoms with Crippen LogP contribution in [0.15, 0.2) is 30.3 Å². The summed E-state index contributed by atoms with van der Waals surface area (Å²) in [7, 11) is 0. The van der Waals surface area contributed by atoms with Crippen LogP contribution in [0.1, 0.15) is 32.3 Å². The zero-order valence-corrected chi connectivity index (χ0v) is 11.5. The molecule has 0 bridgehead atoms. The van der Waals surface area contributed by atoms with Gasteiger partial charge in [0.15, 0.2) is 0 Å². The zero-order valence-electron chi connectivity index (χ0n) is 10.6. The highest BCUT2D eigenvalue weighted by Crippen LogP contribution is 2.19. The summed E-state index contributed by atoms with van der Waals surface area (Å²) in [4.78, 5) is 2.49. The van der Waals surface area contributed by atoms with Crippen molar-refractivity contribution in [3.8, 4) is 0 Å². The van der Waals surface area contributed by atoms with Crippen molar-refractivity contribution < 1.29 is 0 Å². The summed E-state index contributed by atoms with van der Waals surface area (Å²) in [5.41, 5.74) is 1.40. The molecule has 0 N–H and O–H groups in total. The second kappa shape index (κ2) is 6.97. The largest absolute Gasteiger partial charge is 0.301 e. The second-order valence-corrected chi connectivity index (χ2v) is 4.84. The van der Waals surface area contributed by atoms with Crippen LogP contribution < -0.4 is 0 Å². The highest BCUT2D eigenvalue weighted by atomic mass is 32.1. The van der Waals surface area contributed by atoms with Gasteiger partial charge in [0, 0.05) is 18.5 Å². The van der Waals surface area contributed by atoms with Gasteiger partial charge in [-0.05, 0) is 31.7 Å². The number of likely N-dealkylation sites (N-methyl/N-ethyl adjacent to an activating group) is 1. The molecule has 0 saturated carbocycles. The van der Waals surface area contributed by atoms with Crippen LogP contribution in [-0.2, 0) is 0 Å². The summed E-state index contributed by atoms with van der Waals surface area (Å²) in [6.07, 6.45) is 0. The second-order valence-electron chi connectivity index (χ2n) is 4.47. The van der Waals surface area contributed by atoms with Crippen LogP contribution >= 0.6 is 12.6 Å². The predicted octanol–water partition coefficient (Wildman–Crippen LogP) is 3.43.